The third-order valence-electron chi connectivity index (χ3n) is 2.18. The van der Waals surface area contributed by atoms with Gasteiger partial charge in [-0.2, -0.15) is 12.6 Å². The van der Waals surface area contributed by atoms with Crippen LogP contribution in [-0.2, 0) is 12.8 Å². The topological polar surface area (TPSA) is 22.0 Å². The third-order valence-corrected chi connectivity index (χ3v) is 2.52. The lowest BCUT2D eigenvalue weighted by Crippen LogP contribution is -2.23. The maximum absolute atomic E-state index is 11.6. The molecule has 0 unspecified atom stereocenters. The largest absolute Gasteiger partial charge is 0.315 e. The Morgan fingerprint density at radius 2 is 2.08 bits per heavy atom. The SMILES string of the molecule is CC(C)c1ccc(CS)c(=O)n1C. The van der Waals surface area contributed by atoms with Gasteiger partial charge in [-0.15, -0.1) is 0 Å². The lowest BCUT2D eigenvalue weighted by Gasteiger charge is -2.12. The van der Waals surface area contributed by atoms with Gasteiger partial charge in [0.2, 0.25) is 0 Å². The van der Waals surface area contributed by atoms with Crippen molar-refractivity contribution >= 4 is 12.6 Å². The molecule has 1 aromatic heterocycles. The summed E-state index contributed by atoms with van der Waals surface area (Å²) in [6, 6.07) is 3.86. The Bertz CT molecular complexity index is 354. The van der Waals surface area contributed by atoms with Crippen molar-refractivity contribution in [1.82, 2.24) is 4.57 Å². The van der Waals surface area contributed by atoms with Gasteiger partial charge in [-0.3, -0.25) is 4.79 Å². The minimum absolute atomic E-state index is 0.0706. The molecule has 0 bridgehead atoms. The van der Waals surface area contributed by atoms with E-state index in [2.05, 4.69) is 26.5 Å². The van der Waals surface area contributed by atoms with E-state index in [0.29, 0.717) is 11.7 Å². The molecular weight excluding hydrogens is 182 g/mol. The highest BCUT2D eigenvalue weighted by molar-refractivity contribution is 7.79. The van der Waals surface area contributed by atoms with Crippen molar-refractivity contribution < 1.29 is 0 Å². The van der Waals surface area contributed by atoms with Crippen LogP contribution in [0.4, 0.5) is 0 Å². The van der Waals surface area contributed by atoms with Crippen molar-refractivity contribution in [2.24, 2.45) is 7.05 Å². The number of hydrogen-bond donors (Lipinski definition) is 1. The maximum atomic E-state index is 11.6. The highest BCUT2D eigenvalue weighted by atomic mass is 32.1. The molecule has 0 aliphatic carbocycles. The van der Waals surface area contributed by atoms with Crippen molar-refractivity contribution in [2.75, 3.05) is 0 Å². The van der Waals surface area contributed by atoms with E-state index >= 15 is 0 Å². The Hall–Kier alpha value is -0.700. The van der Waals surface area contributed by atoms with E-state index in [-0.39, 0.29) is 5.56 Å². The van der Waals surface area contributed by atoms with Crippen LogP contribution in [-0.4, -0.2) is 4.57 Å². The number of pyridine rings is 1. The number of thiol groups is 1. The normalized spacial score (nSPS) is 10.8. The first-order valence-corrected chi connectivity index (χ1v) is 5.00. The first-order valence-electron chi connectivity index (χ1n) is 4.37. The van der Waals surface area contributed by atoms with E-state index in [9.17, 15) is 4.79 Å². The predicted octanol–water partition coefficient (Wildman–Crippen LogP) is 1.94. The van der Waals surface area contributed by atoms with E-state index in [1.165, 1.54) is 0 Å². The number of aromatic nitrogens is 1. The zero-order valence-corrected chi connectivity index (χ0v) is 9.14. The second-order valence-electron chi connectivity index (χ2n) is 3.46. The van der Waals surface area contributed by atoms with E-state index in [1.54, 1.807) is 4.57 Å². The molecule has 1 heterocycles. The molecule has 0 aliphatic heterocycles. The van der Waals surface area contributed by atoms with Gasteiger partial charge in [0.15, 0.2) is 0 Å². The molecule has 1 rings (SSSR count). The van der Waals surface area contributed by atoms with Crippen LogP contribution in [0.5, 0.6) is 0 Å². The summed E-state index contributed by atoms with van der Waals surface area (Å²) in [6.07, 6.45) is 0. The quantitative estimate of drug-likeness (QED) is 0.719. The molecular formula is C10H15NOS. The molecule has 0 spiro atoms. The molecule has 0 amide bonds. The molecule has 0 fully saturated rings. The first kappa shape index (κ1) is 10.4. The average molecular weight is 197 g/mol. The fourth-order valence-electron chi connectivity index (χ4n) is 1.40. The Labute approximate surface area is 84.0 Å². The molecule has 0 aliphatic rings. The Balaban J connectivity index is 3.32. The van der Waals surface area contributed by atoms with Crippen LogP contribution in [0.15, 0.2) is 16.9 Å². The van der Waals surface area contributed by atoms with Crippen LogP contribution in [0, 0.1) is 0 Å². The van der Waals surface area contributed by atoms with E-state index in [1.807, 2.05) is 19.2 Å². The van der Waals surface area contributed by atoms with Gasteiger partial charge in [-0.25, -0.2) is 0 Å². The van der Waals surface area contributed by atoms with E-state index in [0.717, 1.165) is 11.3 Å². The highest BCUT2D eigenvalue weighted by Crippen LogP contribution is 2.11. The summed E-state index contributed by atoms with van der Waals surface area (Å²) in [6.45, 7) is 4.16. The standard InChI is InChI=1S/C10H15NOS/c1-7(2)9-5-4-8(6-13)10(12)11(9)3/h4-5,7,13H,6H2,1-3H3. The van der Waals surface area contributed by atoms with Gasteiger partial charge in [-0.05, 0) is 12.0 Å². The van der Waals surface area contributed by atoms with Crippen molar-refractivity contribution in [2.45, 2.75) is 25.5 Å². The van der Waals surface area contributed by atoms with E-state index in [4.69, 9.17) is 0 Å². The second kappa shape index (κ2) is 4.01. The van der Waals surface area contributed by atoms with Crippen LogP contribution in [0.3, 0.4) is 0 Å². The zero-order valence-electron chi connectivity index (χ0n) is 8.24. The van der Waals surface area contributed by atoms with Crippen LogP contribution >= 0.6 is 12.6 Å². The van der Waals surface area contributed by atoms with Gasteiger partial charge in [0.1, 0.15) is 0 Å². The lowest BCUT2D eigenvalue weighted by atomic mass is 10.1. The van der Waals surface area contributed by atoms with Gasteiger partial charge >= 0.3 is 0 Å². The van der Waals surface area contributed by atoms with Gasteiger partial charge in [0.05, 0.1) is 0 Å². The van der Waals surface area contributed by atoms with Crippen LogP contribution in [0.2, 0.25) is 0 Å². The minimum atomic E-state index is 0.0706. The molecule has 13 heavy (non-hydrogen) atoms. The summed E-state index contributed by atoms with van der Waals surface area (Å²) in [5, 5.41) is 0. The van der Waals surface area contributed by atoms with Gasteiger partial charge in [0.25, 0.3) is 5.56 Å². The third kappa shape index (κ3) is 1.97. The Kier molecular flexibility index (Phi) is 3.20. The summed E-state index contributed by atoms with van der Waals surface area (Å²) in [5.74, 6) is 0.886. The van der Waals surface area contributed by atoms with Gasteiger partial charge < -0.3 is 4.57 Å². The molecule has 0 atom stereocenters. The number of nitrogens with zero attached hydrogens (tertiary/aromatic N) is 1. The molecule has 2 nitrogen and oxygen atoms in total. The second-order valence-corrected chi connectivity index (χ2v) is 3.78. The minimum Gasteiger partial charge on any atom is -0.315 e. The molecule has 0 N–H and O–H groups in total. The van der Waals surface area contributed by atoms with Crippen LogP contribution < -0.4 is 5.56 Å². The van der Waals surface area contributed by atoms with Gasteiger partial charge in [-0.1, -0.05) is 19.9 Å². The highest BCUT2D eigenvalue weighted by Gasteiger charge is 2.06. The monoisotopic (exact) mass is 197 g/mol. The van der Waals surface area contributed by atoms with Gasteiger partial charge in [0, 0.05) is 24.1 Å². The van der Waals surface area contributed by atoms with Crippen molar-refractivity contribution in [3.05, 3.63) is 33.7 Å². The summed E-state index contributed by atoms with van der Waals surface area (Å²) < 4.78 is 1.70. The summed E-state index contributed by atoms with van der Waals surface area (Å²) in [5.41, 5.74) is 1.90. The summed E-state index contributed by atoms with van der Waals surface area (Å²) >= 11 is 4.10. The van der Waals surface area contributed by atoms with Crippen molar-refractivity contribution in [1.29, 1.82) is 0 Å². The summed E-state index contributed by atoms with van der Waals surface area (Å²) in [7, 11) is 1.81. The molecule has 0 saturated heterocycles. The van der Waals surface area contributed by atoms with Crippen LogP contribution in [0.1, 0.15) is 31.0 Å². The number of hydrogen-bond acceptors (Lipinski definition) is 2. The molecule has 3 heteroatoms. The average Bonchev–Trinajstić information content (AvgIpc) is 2.09. The van der Waals surface area contributed by atoms with Crippen LogP contribution in [0.25, 0.3) is 0 Å². The van der Waals surface area contributed by atoms with Crippen molar-refractivity contribution in [3.8, 4) is 0 Å². The predicted molar refractivity (Wildman–Crippen MR) is 58.5 cm³/mol. The smallest absolute Gasteiger partial charge is 0.254 e. The molecule has 1 aromatic rings. The van der Waals surface area contributed by atoms with Crippen molar-refractivity contribution in [3.63, 3.8) is 0 Å². The van der Waals surface area contributed by atoms with E-state index < -0.39 is 0 Å². The fraction of sp³-hybridized carbons (Fsp3) is 0.500. The lowest BCUT2D eigenvalue weighted by molar-refractivity contribution is 0.702. The first-order chi connectivity index (χ1) is 6.07. The Morgan fingerprint density at radius 1 is 1.46 bits per heavy atom. The maximum Gasteiger partial charge on any atom is 0.254 e. The number of rotatable bonds is 2. The molecule has 72 valence electrons. The summed E-state index contributed by atoms with van der Waals surface area (Å²) in [4.78, 5) is 11.6. The Morgan fingerprint density at radius 3 is 2.54 bits per heavy atom. The molecule has 0 aromatic carbocycles. The molecule has 0 saturated carbocycles. The molecule has 0 radical (unpaired) electrons. The fourth-order valence-corrected chi connectivity index (χ4v) is 1.64. The zero-order chi connectivity index (χ0) is 10.0.